The van der Waals surface area contributed by atoms with E-state index in [0.29, 0.717) is 24.9 Å². The molecule has 46 heavy (non-hydrogen) atoms. The van der Waals surface area contributed by atoms with Crippen LogP contribution in [0.15, 0.2) is 60.7 Å². The molecule has 2 aromatic carbocycles. The molecule has 0 bridgehead atoms. The SMILES string of the molecule is COC(=O)[C@@H](NC(=O)N[C@@H](Cc1ccc(C)cc1)C(=O)N[C@H]1CCCCNC(=O)/C=C/[C@H](Cc2ccccc2F)NC1=O)C(C)C. The van der Waals surface area contributed by atoms with Crippen LogP contribution in [0.3, 0.4) is 0 Å². The van der Waals surface area contributed by atoms with Gasteiger partial charge in [0.2, 0.25) is 17.7 Å². The topological polar surface area (TPSA) is 155 Å². The normalized spacial score (nSPS) is 19.3. The summed E-state index contributed by atoms with van der Waals surface area (Å²) in [5, 5.41) is 13.7. The number of aryl methyl sites for hydroxylation is 1. The molecule has 2 aromatic rings. The molecule has 0 radical (unpaired) electrons. The Hall–Kier alpha value is -4.74. The number of methoxy groups -OCH3 is 1. The minimum absolute atomic E-state index is 0.0812. The highest BCUT2D eigenvalue weighted by Crippen LogP contribution is 2.13. The highest BCUT2D eigenvalue weighted by molar-refractivity contribution is 5.93. The van der Waals surface area contributed by atoms with E-state index in [9.17, 15) is 28.4 Å². The Morgan fingerprint density at radius 2 is 1.74 bits per heavy atom. The molecule has 3 rings (SSSR count). The molecule has 0 aromatic heterocycles. The summed E-state index contributed by atoms with van der Waals surface area (Å²) in [6, 6.07) is 9.11. The third kappa shape index (κ3) is 11.3. The molecule has 0 saturated heterocycles. The number of esters is 1. The van der Waals surface area contributed by atoms with Crippen LogP contribution in [-0.4, -0.2) is 67.5 Å². The highest BCUT2D eigenvalue weighted by Gasteiger charge is 2.30. The van der Waals surface area contributed by atoms with Gasteiger partial charge in [0, 0.05) is 19.0 Å². The number of amides is 5. The summed E-state index contributed by atoms with van der Waals surface area (Å²) in [5.41, 5.74) is 2.15. The minimum atomic E-state index is -1.10. The maximum Gasteiger partial charge on any atom is 0.328 e. The Labute approximate surface area is 269 Å². The number of halogens is 1. The van der Waals surface area contributed by atoms with E-state index in [1.165, 1.54) is 25.3 Å². The van der Waals surface area contributed by atoms with Gasteiger partial charge in [-0.15, -0.1) is 0 Å². The molecule has 1 heterocycles. The van der Waals surface area contributed by atoms with Crippen molar-refractivity contribution in [2.45, 2.75) is 77.0 Å². The minimum Gasteiger partial charge on any atom is -0.467 e. The molecule has 1 aliphatic heterocycles. The lowest BCUT2D eigenvalue weighted by molar-refractivity contribution is -0.144. The average Bonchev–Trinajstić information content (AvgIpc) is 3.02. The first kappa shape index (κ1) is 35.7. The standard InChI is InChI=1S/C34H44FN5O6/c1-21(2)30(33(44)46-4)40-34(45)39-28(19-23-14-12-22(3)13-15-23)32(43)38-27-11-7-8-18-36-29(41)17-16-25(37-31(27)42)20-24-9-5-6-10-26(24)35/h5-6,9-10,12-17,21,25,27-28,30H,7-8,11,18-20H2,1-4H3,(H,36,41)(H,37,42)(H,38,43)(H2,39,40,45)/b17-16+/t25-,27+,28+,30+/m1/s1. The molecule has 0 unspecified atom stereocenters. The lowest BCUT2D eigenvalue weighted by Crippen LogP contribution is -2.58. The maximum absolute atomic E-state index is 14.5. The van der Waals surface area contributed by atoms with Crippen molar-refractivity contribution in [2.75, 3.05) is 13.7 Å². The third-order valence-electron chi connectivity index (χ3n) is 7.65. The van der Waals surface area contributed by atoms with Crippen LogP contribution in [0, 0.1) is 18.7 Å². The van der Waals surface area contributed by atoms with E-state index in [1.807, 2.05) is 31.2 Å². The number of urea groups is 1. The van der Waals surface area contributed by atoms with Gasteiger partial charge in [0.15, 0.2) is 0 Å². The number of benzene rings is 2. The quantitative estimate of drug-likeness (QED) is 0.253. The summed E-state index contributed by atoms with van der Waals surface area (Å²) in [5.74, 6) is -2.78. The van der Waals surface area contributed by atoms with Crippen molar-refractivity contribution in [2.24, 2.45) is 5.92 Å². The van der Waals surface area contributed by atoms with Crippen LogP contribution in [0.25, 0.3) is 0 Å². The average molecular weight is 638 g/mol. The van der Waals surface area contributed by atoms with Gasteiger partial charge in [-0.3, -0.25) is 14.4 Å². The molecular formula is C34H44FN5O6. The van der Waals surface area contributed by atoms with Crippen LogP contribution in [0.1, 0.15) is 49.8 Å². The van der Waals surface area contributed by atoms with E-state index < -0.39 is 53.8 Å². The molecule has 0 spiro atoms. The second-order valence-corrected chi connectivity index (χ2v) is 11.7. The summed E-state index contributed by atoms with van der Waals surface area (Å²) in [6.07, 6.45) is 4.33. The van der Waals surface area contributed by atoms with Crippen LogP contribution in [0.2, 0.25) is 0 Å². The van der Waals surface area contributed by atoms with Crippen LogP contribution >= 0.6 is 0 Å². The molecular weight excluding hydrogens is 593 g/mol. The molecule has 5 amide bonds. The Kier molecular flexibility index (Phi) is 13.7. The largest absolute Gasteiger partial charge is 0.467 e. The number of hydrogen-bond donors (Lipinski definition) is 5. The van der Waals surface area contributed by atoms with Crippen molar-refractivity contribution >= 4 is 29.7 Å². The van der Waals surface area contributed by atoms with Gasteiger partial charge in [0.05, 0.1) is 13.2 Å². The van der Waals surface area contributed by atoms with E-state index in [-0.39, 0.29) is 31.1 Å². The van der Waals surface area contributed by atoms with E-state index in [1.54, 1.807) is 32.0 Å². The number of carbonyl (C=O) groups excluding carboxylic acids is 5. The molecule has 5 N–H and O–H groups in total. The van der Waals surface area contributed by atoms with Gasteiger partial charge in [0.1, 0.15) is 23.9 Å². The third-order valence-corrected chi connectivity index (χ3v) is 7.65. The summed E-state index contributed by atoms with van der Waals surface area (Å²) >= 11 is 0. The fraction of sp³-hybridized carbons (Fsp3) is 0.441. The molecule has 11 nitrogen and oxygen atoms in total. The first-order valence-electron chi connectivity index (χ1n) is 15.5. The molecule has 248 valence electrons. The Morgan fingerprint density at radius 1 is 1.02 bits per heavy atom. The van der Waals surface area contributed by atoms with Crippen molar-refractivity contribution in [1.82, 2.24) is 26.6 Å². The van der Waals surface area contributed by atoms with Crippen molar-refractivity contribution in [1.29, 1.82) is 0 Å². The molecule has 12 heteroatoms. The smallest absolute Gasteiger partial charge is 0.328 e. The van der Waals surface area contributed by atoms with E-state index in [2.05, 4.69) is 26.6 Å². The number of nitrogens with one attached hydrogen (secondary N) is 5. The van der Waals surface area contributed by atoms with Gasteiger partial charge in [0.25, 0.3) is 0 Å². The summed E-state index contributed by atoms with van der Waals surface area (Å²) in [7, 11) is 1.23. The predicted molar refractivity (Wildman–Crippen MR) is 171 cm³/mol. The molecule has 1 aliphatic rings. The number of ether oxygens (including phenoxy) is 1. The second kappa shape index (κ2) is 17.7. The molecule has 0 saturated carbocycles. The molecule has 0 fully saturated rings. The van der Waals surface area contributed by atoms with Gasteiger partial charge >= 0.3 is 12.0 Å². The molecule has 0 aliphatic carbocycles. The number of rotatable bonds is 10. The second-order valence-electron chi connectivity index (χ2n) is 11.7. The van der Waals surface area contributed by atoms with Crippen LogP contribution < -0.4 is 26.6 Å². The van der Waals surface area contributed by atoms with Crippen molar-refractivity contribution in [3.8, 4) is 0 Å². The zero-order valence-corrected chi connectivity index (χ0v) is 26.7. The van der Waals surface area contributed by atoms with E-state index in [0.717, 1.165) is 11.1 Å². The van der Waals surface area contributed by atoms with Crippen LogP contribution in [-0.2, 0) is 36.8 Å². The first-order valence-corrected chi connectivity index (χ1v) is 15.5. The lowest BCUT2D eigenvalue weighted by atomic mass is 10.0. The van der Waals surface area contributed by atoms with Crippen molar-refractivity contribution in [3.63, 3.8) is 0 Å². The monoisotopic (exact) mass is 637 g/mol. The number of carbonyl (C=O) groups is 5. The van der Waals surface area contributed by atoms with Crippen molar-refractivity contribution in [3.05, 3.63) is 83.2 Å². The van der Waals surface area contributed by atoms with Gasteiger partial charge in [-0.1, -0.05) is 68.0 Å². The van der Waals surface area contributed by atoms with Gasteiger partial charge in [-0.05, 0) is 55.7 Å². The Morgan fingerprint density at radius 3 is 2.41 bits per heavy atom. The first-order chi connectivity index (χ1) is 22.0. The molecule has 4 atom stereocenters. The van der Waals surface area contributed by atoms with E-state index >= 15 is 0 Å². The fourth-order valence-electron chi connectivity index (χ4n) is 4.98. The maximum atomic E-state index is 14.5. The predicted octanol–water partition coefficient (Wildman–Crippen LogP) is 2.61. The summed E-state index contributed by atoms with van der Waals surface area (Å²) in [6.45, 7) is 5.81. The van der Waals surface area contributed by atoms with Crippen molar-refractivity contribution < 1.29 is 33.1 Å². The lowest BCUT2D eigenvalue weighted by Gasteiger charge is -2.26. The van der Waals surface area contributed by atoms with Crippen LogP contribution in [0.5, 0.6) is 0 Å². The zero-order chi connectivity index (χ0) is 33.6. The Bertz CT molecular complexity index is 1400. The summed E-state index contributed by atoms with van der Waals surface area (Å²) < 4.78 is 19.3. The van der Waals surface area contributed by atoms with E-state index in [4.69, 9.17) is 4.74 Å². The van der Waals surface area contributed by atoms with Gasteiger partial charge < -0.3 is 31.3 Å². The van der Waals surface area contributed by atoms with Gasteiger partial charge in [-0.2, -0.15) is 0 Å². The van der Waals surface area contributed by atoms with Crippen LogP contribution in [0.4, 0.5) is 9.18 Å². The fourth-order valence-corrected chi connectivity index (χ4v) is 4.98. The Balaban J connectivity index is 1.83. The zero-order valence-electron chi connectivity index (χ0n) is 26.7. The van der Waals surface area contributed by atoms with Gasteiger partial charge in [-0.25, -0.2) is 14.0 Å². The highest BCUT2D eigenvalue weighted by atomic mass is 19.1. The summed E-state index contributed by atoms with van der Waals surface area (Å²) in [4.78, 5) is 64.9. The number of hydrogen-bond acceptors (Lipinski definition) is 6.